The highest BCUT2D eigenvalue weighted by Gasteiger charge is 2.19. The zero-order chi connectivity index (χ0) is 21.8. The van der Waals surface area contributed by atoms with E-state index in [0.717, 1.165) is 27.7 Å². The molecule has 1 aromatic heterocycles. The van der Waals surface area contributed by atoms with Gasteiger partial charge in [-0.25, -0.2) is 0 Å². The van der Waals surface area contributed by atoms with Gasteiger partial charge in [0.25, 0.3) is 5.69 Å². The van der Waals surface area contributed by atoms with E-state index in [2.05, 4.69) is 5.32 Å². The van der Waals surface area contributed by atoms with Crippen LogP contribution in [-0.2, 0) is 17.6 Å². The summed E-state index contributed by atoms with van der Waals surface area (Å²) in [5.41, 5.74) is 4.16. The molecule has 8 nitrogen and oxygen atoms in total. The van der Waals surface area contributed by atoms with Crippen LogP contribution in [0.4, 0.5) is 5.69 Å². The first-order valence-electron chi connectivity index (χ1n) is 9.48. The van der Waals surface area contributed by atoms with Gasteiger partial charge in [-0.1, -0.05) is 12.1 Å². The molecule has 8 heteroatoms. The predicted molar refractivity (Wildman–Crippen MR) is 112 cm³/mol. The lowest BCUT2D eigenvalue weighted by atomic mass is 10.0. The smallest absolute Gasteiger partial charge is 0.276 e. The standard InChI is InChI=1S/C22H24N2O6/c1-13-5-6-17-16(12-30-22(17)14(13)2)10-21(25)23-8-7-15-9-19(28-3)20(29-4)11-18(15)24(26)27/h5-6,9,11-12H,7-8,10H2,1-4H3,(H,23,25). The van der Waals surface area contributed by atoms with Gasteiger partial charge in [0.15, 0.2) is 11.5 Å². The maximum atomic E-state index is 12.4. The first kappa shape index (κ1) is 21.2. The Balaban J connectivity index is 1.68. The second kappa shape index (κ2) is 8.86. The van der Waals surface area contributed by atoms with Crippen molar-refractivity contribution in [1.82, 2.24) is 5.32 Å². The zero-order valence-electron chi connectivity index (χ0n) is 17.4. The van der Waals surface area contributed by atoms with Crippen molar-refractivity contribution in [2.24, 2.45) is 0 Å². The van der Waals surface area contributed by atoms with E-state index in [1.807, 2.05) is 26.0 Å². The van der Waals surface area contributed by atoms with Gasteiger partial charge in [0.05, 0.1) is 37.9 Å². The summed E-state index contributed by atoms with van der Waals surface area (Å²) in [6, 6.07) is 6.86. The molecular formula is C22H24N2O6. The minimum Gasteiger partial charge on any atom is -0.493 e. The number of ether oxygens (including phenoxy) is 2. The lowest BCUT2D eigenvalue weighted by Gasteiger charge is -2.11. The van der Waals surface area contributed by atoms with Crippen LogP contribution in [0.2, 0.25) is 0 Å². The van der Waals surface area contributed by atoms with Crippen molar-refractivity contribution >= 4 is 22.6 Å². The van der Waals surface area contributed by atoms with E-state index >= 15 is 0 Å². The van der Waals surface area contributed by atoms with Crippen molar-refractivity contribution in [3.8, 4) is 11.5 Å². The zero-order valence-corrected chi connectivity index (χ0v) is 17.4. The fraction of sp³-hybridized carbons (Fsp3) is 0.318. The van der Waals surface area contributed by atoms with E-state index in [4.69, 9.17) is 13.9 Å². The summed E-state index contributed by atoms with van der Waals surface area (Å²) in [4.78, 5) is 23.3. The molecule has 30 heavy (non-hydrogen) atoms. The number of furan rings is 1. The third kappa shape index (κ3) is 4.22. The Morgan fingerprint density at radius 3 is 2.50 bits per heavy atom. The SMILES string of the molecule is COc1cc(CCNC(=O)Cc2coc3c(C)c(C)ccc23)c([N+](=O)[O-])cc1OC. The van der Waals surface area contributed by atoms with Gasteiger partial charge < -0.3 is 19.2 Å². The molecule has 0 unspecified atom stereocenters. The summed E-state index contributed by atoms with van der Waals surface area (Å²) in [5.74, 6) is 0.508. The maximum absolute atomic E-state index is 12.4. The maximum Gasteiger partial charge on any atom is 0.276 e. The molecule has 0 saturated heterocycles. The van der Waals surface area contributed by atoms with Crippen LogP contribution < -0.4 is 14.8 Å². The molecule has 0 atom stereocenters. The minimum atomic E-state index is -0.471. The molecule has 1 amide bonds. The molecule has 0 aliphatic carbocycles. The lowest BCUT2D eigenvalue weighted by molar-refractivity contribution is -0.385. The lowest BCUT2D eigenvalue weighted by Crippen LogP contribution is -2.27. The molecule has 0 aliphatic heterocycles. The molecule has 0 fully saturated rings. The Kier molecular flexibility index (Phi) is 6.25. The Morgan fingerprint density at radius 2 is 1.83 bits per heavy atom. The van der Waals surface area contributed by atoms with Crippen molar-refractivity contribution in [2.45, 2.75) is 26.7 Å². The van der Waals surface area contributed by atoms with Crippen LogP contribution in [-0.4, -0.2) is 31.6 Å². The van der Waals surface area contributed by atoms with Gasteiger partial charge >= 0.3 is 0 Å². The van der Waals surface area contributed by atoms with Crippen molar-refractivity contribution in [3.05, 3.63) is 62.9 Å². The number of methoxy groups -OCH3 is 2. The molecule has 0 bridgehead atoms. The van der Waals surface area contributed by atoms with Crippen LogP contribution >= 0.6 is 0 Å². The van der Waals surface area contributed by atoms with E-state index in [1.165, 1.54) is 20.3 Å². The number of nitrogens with zero attached hydrogens (tertiary/aromatic N) is 1. The monoisotopic (exact) mass is 412 g/mol. The molecule has 0 aliphatic rings. The van der Waals surface area contributed by atoms with Crippen LogP contribution in [0.3, 0.4) is 0 Å². The van der Waals surface area contributed by atoms with Gasteiger partial charge in [-0.05, 0) is 37.5 Å². The van der Waals surface area contributed by atoms with Crippen molar-refractivity contribution < 1.29 is 23.6 Å². The molecular weight excluding hydrogens is 388 g/mol. The van der Waals surface area contributed by atoms with Crippen molar-refractivity contribution in [1.29, 1.82) is 0 Å². The van der Waals surface area contributed by atoms with Crippen LogP contribution in [0.15, 0.2) is 34.9 Å². The number of rotatable bonds is 8. The molecule has 3 aromatic rings. The van der Waals surface area contributed by atoms with E-state index in [1.54, 1.807) is 12.3 Å². The van der Waals surface area contributed by atoms with E-state index in [0.29, 0.717) is 11.3 Å². The normalized spacial score (nSPS) is 10.8. The fourth-order valence-corrected chi connectivity index (χ4v) is 3.38. The van der Waals surface area contributed by atoms with Gasteiger partial charge in [0.2, 0.25) is 5.91 Å². The average Bonchev–Trinajstić information content (AvgIpc) is 3.13. The molecule has 0 saturated carbocycles. The summed E-state index contributed by atoms with van der Waals surface area (Å²) in [6.45, 7) is 4.25. The van der Waals surface area contributed by atoms with Gasteiger partial charge in [-0.2, -0.15) is 0 Å². The highest BCUT2D eigenvalue weighted by molar-refractivity contribution is 5.89. The third-order valence-corrected chi connectivity index (χ3v) is 5.19. The summed E-state index contributed by atoms with van der Waals surface area (Å²) in [6.07, 6.45) is 2.06. The Bertz CT molecular complexity index is 1100. The number of hydrogen-bond acceptors (Lipinski definition) is 6. The molecule has 1 N–H and O–H groups in total. The Labute approximate surface area is 173 Å². The second-order valence-corrected chi connectivity index (χ2v) is 7.01. The first-order chi connectivity index (χ1) is 14.3. The topological polar surface area (TPSA) is 104 Å². The van der Waals surface area contributed by atoms with Crippen molar-refractivity contribution in [3.63, 3.8) is 0 Å². The number of hydrogen-bond donors (Lipinski definition) is 1. The number of nitro benzene ring substituents is 1. The van der Waals surface area contributed by atoms with Gasteiger partial charge in [-0.15, -0.1) is 0 Å². The van der Waals surface area contributed by atoms with Crippen molar-refractivity contribution in [2.75, 3.05) is 20.8 Å². The quantitative estimate of drug-likeness (QED) is 0.445. The fourth-order valence-electron chi connectivity index (χ4n) is 3.38. The number of aryl methyl sites for hydroxylation is 2. The predicted octanol–water partition coefficient (Wildman–Crippen LogP) is 3.88. The molecule has 0 radical (unpaired) electrons. The summed E-state index contributed by atoms with van der Waals surface area (Å²) in [5, 5.41) is 15.1. The number of benzene rings is 2. The van der Waals surface area contributed by atoms with E-state index in [-0.39, 0.29) is 36.7 Å². The van der Waals surface area contributed by atoms with Gasteiger partial charge in [0.1, 0.15) is 5.58 Å². The largest absolute Gasteiger partial charge is 0.493 e. The summed E-state index contributed by atoms with van der Waals surface area (Å²) in [7, 11) is 2.89. The van der Waals surface area contributed by atoms with Crippen LogP contribution in [0.25, 0.3) is 11.0 Å². The number of nitrogens with one attached hydrogen (secondary N) is 1. The third-order valence-electron chi connectivity index (χ3n) is 5.19. The van der Waals surface area contributed by atoms with Crippen LogP contribution in [0, 0.1) is 24.0 Å². The average molecular weight is 412 g/mol. The van der Waals surface area contributed by atoms with Crippen LogP contribution in [0.5, 0.6) is 11.5 Å². The molecule has 0 spiro atoms. The number of carbonyl (C=O) groups excluding carboxylic acids is 1. The molecule has 1 heterocycles. The Morgan fingerprint density at radius 1 is 1.13 bits per heavy atom. The minimum absolute atomic E-state index is 0.0754. The highest BCUT2D eigenvalue weighted by Crippen LogP contribution is 2.34. The molecule has 2 aromatic carbocycles. The summed E-state index contributed by atoms with van der Waals surface area (Å²) < 4.78 is 16.0. The summed E-state index contributed by atoms with van der Waals surface area (Å²) >= 11 is 0. The number of fused-ring (bicyclic) bond motifs is 1. The number of carbonyl (C=O) groups is 1. The number of nitro groups is 1. The Hall–Kier alpha value is -3.55. The van der Waals surface area contributed by atoms with Gasteiger partial charge in [0, 0.05) is 23.1 Å². The first-order valence-corrected chi connectivity index (χ1v) is 9.48. The van der Waals surface area contributed by atoms with Crippen LogP contribution in [0.1, 0.15) is 22.3 Å². The van der Waals surface area contributed by atoms with Gasteiger partial charge in [-0.3, -0.25) is 14.9 Å². The molecule has 3 rings (SSSR count). The highest BCUT2D eigenvalue weighted by atomic mass is 16.6. The number of amides is 1. The van der Waals surface area contributed by atoms with E-state index < -0.39 is 4.92 Å². The molecule has 158 valence electrons. The second-order valence-electron chi connectivity index (χ2n) is 7.01. The van der Waals surface area contributed by atoms with E-state index in [9.17, 15) is 14.9 Å².